The van der Waals surface area contributed by atoms with Gasteiger partial charge in [0.05, 0.1) is 13.2 Å². The zero-order chi connectivity index (χ0) is 15.9. The highest BCUT2D eigenvalue weighted by Crippen LogP contribution is 2.19. The maximum absolute atomic E-state index is 12.4. The van der Waals surface area contributed by atoms with E-state index in [9.17, 15) is 9.90 Å². The molecule has 0 spiro atoms. The summed E-state index contributed by atoms with van der Waals surface area (Å²) in [4.78, 5) is 14.5. The number of methoxy groups -OCH3 is 1. The number of aliphatic hydroxyl groups excluding tert-OH is 1. The number of amides is 1. The Morgan fingerprint density at radius 3 is 3.00 bits per heavy atom. The van der Waals surface area contributed by atoms with Gasteiger partial charge in [-0.2, -0.15) is 0 Å². The number of likely N-dealkylation sites (tertiary alicyclic amines) is 1. The Hall–Kier alpha value is -1.59. The first-order chi connectivity index (χ1) is 10.7. The Kier molecular flexibility index (Phi) is 6.21. The highest BCUT2D eigenvalue weighted by atomic mass is 16.5. The van der Waals surface area contributed by atoms with E-state index in [1.165, 1.54) is 0 Å². The number of carbonyl (C=O) groups excluding carboxylic acids is 1. The molecule has 22 heavy (non-hydrogen) atoms. The second-order valence-electron chi connectivity index (χ2n) is 5.89. The van der Waals surface area contributed by atoms with E-state index in [1.54, 1.807) is 7.11 Å². The largest absolute Gasteiger partial charge is 0.496 e. The molecule has 1 aromatic carbocycles. The van der Waals surface area contributed by atoms with E-state index in [1.807, 2.05) is 31.2 Å². The van der Waals surface area contributed by atoms with Crippen LogP contribution >= 0.6 is 0 Å². The lowest BCUT2D eigenvalue weighted by molar-refractivity contribution is -0.126. The lowest BCUT2D eigenvalue weighted by Crippen LogP contribution is -2.49. The number of benzene rings is 1. The van der Waals surface area contributed by atoms with Crippen LogP contribution < -0.4 is 10.1 Å². The van der Waals surface area contributed by atoms with Crippen molar-refractivity contribution in [2.24, 2.45) is 5.92 Å². The normalized spacial score (nSPS) is 20.4. The van der Waals surface area contributed by atoms with Crippen molar-refractivity contribution in [2.75, 3.05) is 26.8 Å². The van der Waals surface area contributed by atoms with Crippen LogP contribution in [0.3, 0.4) is 0 Å². The molecule has 0 aromatic heterocycles. The van der Waals surface area contributed by atoms with Crippen LogP contribution in [0.5, 0.6) is 5.75 Å². The number of piperidine rings is 1. The molecule has 1 heterocycles. The molecule has 1 saturated heterocycles. The fourth-order valence-corrected chi connectivity index (χ4v) is 2.94. The van der Waals surface area contributed by atoms with E-state index in [4.69, 9.17) is 4.74 Å². The zero-order valence-electron chi connectivity index (χ0n) is 13.4. The second-order valence-corrected chi connectivity index (χ2v) is 5.89. The van der Waals surface area contributed by atoms with Crippen LogP contribution in [0.15, 0.2) is 24.3 Å². The lowest BCUT2D eigenvalue weighted by Gasteiger charge is -2.35. The highest BCUT2D eigenvalue weighted by molar-refractivity contribution is 5.81. The van der Waals surface area contributed by atoms with Gasteiger partial charge in [0.25, 0.3) is 0 Å². The van der Waals surface area contributed by atoms with Gasteiger partial charge < -0.3 is 15.2 Å². The SMILES string of the molecule is COc1ccccc1CNC(=O)C(C)N1CCCC(CO)C1. The number of nitrogens with zero attached hydrogens (tertiary/aromatic N) is 1. The summed E-state index contributed by atoms with van der Waals surface area (Å²) in [6.07, 6.45) is 2.08. The number of hydrogen-bond donors (Lipinski definition) is 2. The van der Waals surface area contributed by atoms with Crippen molar-refractivity contribution in [1.82, 2.24) is 10.2 Å². The molecule has 2 unspecified atom stereocenters. The third kappa shape index (κ3) is 4.21. The minimum absolute atomic E-state index is 0.0181. The van der Waals surface area contributed by atoms with E-state index >= 15 is 0 Å². The Morgan fingerprint density at radius 1 is 1.50 bits per heavy atom. The van der Waals surface area contributed by atoms with Crippen molar-refractivity contribution in [3.05, 3.63) is 29.8 Å². The van der Waals surface area contributed by atoms with Crippen molar-refractivity contribution in [3.8, 4) is 5.75 Å². The van der Waals surface area contributed by atoms with E-state index in [2.05, 4.69) is 10.2 Å². The average molecular weight is 306 g/mol. The first kappa shape index (κ1) is 16.8. The van der Waals surface area contributed by atoms with Gasteiger partial charge in [0.1, 0.15) is 5.75 Å². The molecule has 1 fully saturated rings. The van der Waals surface area contributed by atoms with Crippen molar-refractivity contribution in [2.45, 2.75) is 32.4 Å². The summed E-state index contributed by atoms with van der Waals surface area (Å²) in [5.41, 5.74) is 0.970. The molecule has 2 atom stereocenters. The van der Waals surface area contributed by atoms with Gasteiger partial charge in [-0.3, -0.25) is 9.69 Å². The third-order valence-corrected chi connectivity index (χ3v) is 4.38. The van der Waals surface area contributed by atoms with Crippen LogP contribution in [0.2, 0.25) is 0 Å². The molecular formula is C17H26N2O3. The van der Waals surface area contributed by atoms with Gasteiger partial charge in [-0.05, 0) is 38.3 Å². The molecule has 0 saturated carbocycles. The van der Waals surface area contributed by atoms with Gasteiger partial charge in [0, 0.05) is 25.3 Å². The van der Waals surface area contributed by atoms with Crippen molar-refractivity contribution in [3.63, 3.8) is 0 Å². The van der Waals surface area contributed by atoms with Crippen LogP contribution in [0.25, 0.3) is 0 Å². The molecular weight excluding hydrogens is 280 g/mol. The predicted molar refractivity (Wildman–Crippen MR) is 85.7 cm³/mol. The quantitative estimate of drug-likeness (QED) is 0.834. The molecule has 1 aliphatic heterocycles. The average Bonchev–Trinajstić information content (AvgIpc) is 2.59. The molecule has 1 aliphatic rings. The topological polar surface area (TPSA) is 61.8 Å². The van der Waals surface area contributed by atoms with Gasteiger partial charge in [0.15, 0.2) is 0 Å². The van der Waals surface area contributed by atoms with Crippen LogP contribution in [0.4, 0.5) is 0 Å². The number of aliphatic hydroxyl groups is 1. The zero-order valence-corrected chi connectivity index (χ0v) is 13.4. The third-order valence-electron chi connectivity index (χ3n) is 4.38. The summed E-state index contributed by atoms with van der Waals surface area (Å²) in [7, 11) is 1.63. The summed E-state index contributed by atoms with van der Waals surface area (Å²) in [5.74, 6) is 1.09. The first-order valence-corrected chi connectivity index (χ1v) is 7.90. The monoisotopic (exact) mass is 306 g/mol. The molecule has 122 valence electrons. The minimum Gasteiger partial charge on any atom is -0.496 e. The van der Waals surface area contributed by atoms with Gasteiger partial charge in [0.2, 0.25) is 5.91 Å². The van der Waals surface area contributed by atoms with Crippen molar-refractivity contribution < 1.29 is 14.6 Å². The Labute approximate surface area is 132 Å². The standard InChI is InChI=1S/C17H26N2O3/c1-13(19-9-5-6-14(11-19)12-20)17(21)18-10-15-7-3-4-8-16(15)22-2/h3-4,7-8,13-14,20H,5-6,9-12H2,1-2H3,(H,18,21). The van der Waals surface area contributed by atoms with Crippen LogP contribution in [0, 0.1) is 5.92 Å². The minimum atomic E-state index is -0.177. The summed E-state index contributed by atoms with van der Waals surface area (Å²) in [5, 5.41) is 12.3. The Morgan fingerprint density at radius 2 is 2.27 bits per heavy atom. The number of carbonyl (C=O) groups is 1. The van der Waals surface area contributed by atoms with Crippen LogP contribution in [0.1, 0.15) is 25.3 Å². The number of ether oxygens (including phenoxy) is 1. The summed E-state index contributed by atoms with van der Waals surface area (Å²) >= 11 is 0. The fraction of sp³-hybridized carbons (Fsp3) is 0.588. The highest BCUT2D eigenvalue weighted by Gasteiger charge is 2.26. The number of hydrogen-bond acceptors (Lipinski definition) is 4. The fourth-order valence-electron chi connectivity index (χ4n) is 2.94. The molecule has 5 heteroatoms. The van der Waals surface area contributed by atoms with Gasteiger partial charge in [-0.15, -0.1) is 0 Å². The van der Waals surface area contributed by atoms with E-state index in [-0.39, 0.29) is 18.6 Å². The lowest BCUT2D eigenvalue weighted by atomic mass is 9.97. The first-order valence-electron chi connectivity index (χ1n) is 7.90. The van der Waals surface area contributed by atoms with E-state index < -0.39 is 0 Å². The van der Waals surface area contributed by atoms with Crippen molar-refractivity contribution in [1.29, 1.82) is 0 Å². The molecule has 5 nitrogen and oxygen atoms in total. The van der Waals surface area contributed by atoms with E-state index in [0.717, 1.165) is 37.2 Å². The summed E-state index contributed by atoms with van der Waals surface area (Å²) < 4.78 is 5.29. The number of para-hydroxylation sites is 1. The predicted octanol–water partition coefficient (Wildman–Crippen LogP) is 1.40. The molecule has 2 rings (SSSR count). The molecule has 0 radical (unpaired) electrons. The second kappa shape index (κ2) is 8.15. The Balaban J connectivity index is 1.88. The molecule has 2 N–H and O–H groups in total. The van der Waals surface area contributed by atoms with Gasteiger partial charge in [-0.25, -0.2) is 0 Å². The van der Waals surface area contributed by atoms with Crippen LogP contribution in [-0.2, 0) is 11.3 Å². The van der Waals surface area contributed by atoms with Gasteiger partial charge in [-0.1, -0.05) is 18.2 Å². The maximum Gasteiger partial charge on any atom is 0.237 e. The Bertz CT molecular complexity index is 493. The van der Waals surface area contributed by atoms with Crippen LogP contribution in [-0.4, -0.2) is 48.8 Å². The van der Waals surface area contributed by atoms with E-state index in [0.29, 0.717) is 12.5 Å². The summed E-state index contributed by atoms with van der Waals surface area (Å²) in [6, 6.07) is 7.51. The smallest absolute Gasteiger partial charge is 0.237 e. The molecule has 0 bridgehead atoms. The number of nitrogens with one attached hydrogen (secondary N) is 1. The van der Waals surface area contributed by atoms with Crippen molar-refractivity contribution >= 4 is 5.91 Å². The molecule has 1 amide bonds. The molecule has 0 aliphatic carbocycles. The number of rotatable bonds is 6. The summed E-state index contributed by atoms with van der Waals surface area (Å²) in [6.45, 7) is 4.30. The molecule has 1 aromatic rings. The maximum atomic E-state index is 12.4. The van der Waals surface area contributed by atoms with Gasteiger partial charge >= 0.3 is 0 Å².